The van der Waals surface area contributed by atoms with Crippen LogP contribution in [0.2, 0.25) is 20.1 Å². The van der Waals surface area contributed by atoms with Crippen molar-refractivity contribution in [3.63, 3.8) is 0 Å². The van der Waals surface area contributed by atoms with Gasteiger partial charge in [-0.25, -0.2) is 0 Å². The van der Waals surface area contributed by atoms with E-state index in [0.717, 1.165) is 12.1 Å². The second-order valence-corrected chi connectivity index (χ2v) is 10.5. The maximum absolute atomic E-state index is 12.7. The smallest absolute Gasteiger partial charge is 0.351 e. The van der Waals surface area contributed by atoms with E-state index >= 15 is 0 Å². The van der Waals surface area contributed by atoms with Gasteiger partial charge in [-0.2, -0.15) is 26.3 Å². The van der Waals surface area contributed by atoms with Crippen LogP contribution in [-0.4, -0.2) is 19.9 Å². The zero-order valence-corrected chi connectivity index (χ0v) is 24.9. The van der Waals surface area contributed by atoms with Crippen molar-refractivity contribution in [1.82, 2.24) is 19.9 Å². The molecule has 4 nitrogen and oxygen atoms in total. The number of hydrogen-bond donors (Lipinski definition) is 2. The van der Waals surface area contributed by atoms with E-state index in [1.807, 2.05) is 0 Å². The summed E-state index contributed by atoms with van der Waals surface area (Å²) < 4.78 is 76.3. The van der Waals surface area contributed by atoms with E-state index in [-0.39, 0.29) is 12.4 Å². The molecule has 0 aliphatic carbocycles. The van der Waals surface area contributed by atoms with Crippen molar-refractivity contribution in [3.05, 3.63) is 105 Å². The minimum atomic E-state index is -4.43. The highest BCUT2D eigenvalue weighted by Gasteiger charge is 2.33. The van der Waals surface area contributed by atoms with E-state index in [2.05, 4.69) is 19.9 Å². The fraction of sp³-hybridized carbons (Fsp3) is 0.0714. The number of fused-ring (bicyclic) bond motifs is 2. The first kappa shape index (κ1) is 32.8. The van der Waals surface area contributed by atoms with Gasteiger partial charge < -0.3 is 9.97 Å². The summed E-state index contributed by atoms with van der Waals surface area (Å²) in [6.07, 6.45) is -2.87. The van der Waals surface area contributed by atoms with E-state index in [0.29, 0.717) is 64.2 Å². The summed E-state index contributed by atoms with van der Waals surface area (Å²) in [5.41, 5.74) is 1.37. The van der Waals surface area contributed by atoms with Crippen LogP contribution in [0.5, 0.6) is 0 Å². The Morgan fingerprint density at radius 2 is 0.884 bits per heavy atom. The Bertz CT molecular complexity index is 1790. The second-order valence-electron chi connectivity index (χ2n) is 8.91. The van der Waals surface area contributed by atoms with Gasteiger partial charge in [0.15, 0.2) is 0 Å². The standard InChI is InChI=1S/2C14H7Cl2F3N2.ClH/c2*15-10-5-12-7(4-13(21-12)14(17,18)19)3-9(10)8-1-2-20-6-11(8)16;/h2*1-6,21H;1H. The molecule has 4 heterocycles. The maximum Gasteiger partial charge on any atom is 0.431 e. The van der Waals surface area contributed by atoms with Crippen molar-refractivity contribution in [2.75, 3.05) is 0 Å². The minimum absolute atomic E-state index is 0. The van der Waals surface area contributed by atoms with E-state index in [4.69, 9.17) is 46.4 Å². The molecule has 2 aromatic carbocycles. The quantitative estimate of drug-likeness (QED) is 0.177. The van der Waals surface area contributed by atoms with Crippen LogP contribution in [0.25, 0.3) is 44.1 Å². The first-order valence-electron chi connectivity index (χ1n) is 11.7. The molecule has 0 spiro atoms. The summed E-state index contributed by atoms with van der Waals surface area (Å²) in [4.78, 5) is 12.4. The average Bonchev–Trinajstić information content (AvgIpc) is 3.53. The monoisotopic (exact) mass is 696 g/mol. The number of H-pyrrole nitrogens is 2. The molecule has 0 saturated heterocycles. The normalized spacial score (nSPS) is 11.8. The molecule has 4 aromatic heterocycles. The van der Waals surface area contributed by atoms with Crippen molar-refractivity contribution in [2.45, 2.75) is 12.4 Å². The molecule has 6 aromatic rings. The van der Waals surface area contributed by atoms with Gasteiger partial charge in [-0.05, 0) is 48.5 Å². The number of aromatic nitrogens is 4. The molecule has 43 heavy (non-hydrogen) atoms. The number of aromatic amines is 2. The lowest BCUT2D eigenvalue weighted by Gasteiger charge is -2.06. The Hall–Kier alpha value is -3.15. The molecule has 15 heteroatoms. The third kappa shape index (κ3) is 6.99. The highest BCUT2D eigenvalue weighted by molar-refractivity contribution is 6.37. The van der Waals surface area contributed by atoms with Crippen LogP contribution in [0.3, 0.4) is 0 Å². The van der Waals surface area contributed by atoms with Gasteiger partial charge in [-0.1, -0.05) is 46.4 Å². The molecule has 0 radical (unpaired) electrons. The molecule has 0 saturated carbocycles. The number of alkyl halides is 6. The molecule has 2 N–H and O–H groups in total. The third-order valence-electron chi connectivity index (χ3n) is 6.15. The fourth-order valence-electron chi connectivity index (χ4n) is 4.21. The molecule has 0 aliphatic heterocycles. The van der Waals surface area contributed by atoms with E-state index in [1.54, 1.807) is 36.7 Å². The second kappa shape index (κ2) is 12.5. The van der Waals surface area contributed by atoms with Crippen molar-refractivity contribution in [2.24, 2.45) is 0 Å². The van der Waals surface area contributed by atoms with Gasteiger partial charge in [-0.15, -0.1) is 12.4 Å². The maximum atomic E-state index is 12.7. The average molecular weight is 699 g/mol. The molecule has 0 aliphatic rings. The summed E-state index contributed by atoms with van der Waals surface area (Å²) in [7, 11) is 0. The Morgan fingerprint density at radius 1 is 0.512 bits per heavy atom. The van der Waals surface area contributed by atoms with Crippen LogP contribution < -0.4 is 0 Å². The Balaban J connectivity index is 0.000000192. The first-order chi connectivity index (χ1) is 19.7. The lowest BCUT2D eigenvalue weighted by Crippen LogP contribution is -2.04. The number of pyridine rings is 2. The fourth-order valence-corrected chi connectivity index (χ4v) is 5.19. The van der Waals surface area contributed by atoms with Gasteiger partial charge in [0.2, 0.25) is 0 Å². The van der Waals surface area contributed by atoms with Gasteiger partial charge in [0.25, 0.3) is 0 Å². The van der Waals surface area contributed by atoms with Crippen molar-refractivity contribution in [3.8, 4) is 22.3 Å². The van der Waals surface area contributed by atoms with Gasteiger partial charge in [-0.3, -0.25) is 9.97 Å². The van der Waals surface area contributed by atoms with Crippen LogP contribution in [0, 0.1) is 0 Å². The number of halogens is 11. The number of nitrogens with zero attached hydrogens (tertiary/aromatic N) is 2. The zero-order chi connectivity index (χ0) is 30.4. The van der Waals surface area contributed by atoms with Crippen LogP contribution in [0.4, 0.5) is 26.3 Å². The van der Waals surface area contributed by atoms with E-state index in [9.17, 15) is 26.3 Å². The van der Waals surface area contributed by atoms with Gasteiger partial charge in [0, 0.05) is 68.8 Å². The van der Waals surface area contributed by atoms with Crippen molar-refractivity contribution in [1.29, 1.82) is 0 Å². The predicted octanol–water partition coefficient (Wildman–Crippen LogP) is 11.5. The summed E-state index contributed by atoms with van der Waals surface area (Å²) in [5.74, 6) is 0. The van der Waals surface area contributed by atoms with Gasteiger partial charge >= 0.3 is 12.4 Å². The number of hydrogen-bond acceptors (Lipinski definition) is 2. The SMILES string of the molecule is Cl.FC(F)(F)c1cc2cc(-c3ccncc3Cl)c(Cl)cc2[nH]1.FC(F)(F)c1cc2cc(-c3ccncc3Cl)c(Cl)cc2[nH]1. The highest BCUT2D eigenvalue weighted by atomic mass is 35.5. The lowest BCUT2D eigenvalue weighted by molar-refractivity contribution is -0.141. The first-order valence-corrected chi connectivity index (χ1v) is 13.2. The summed E-state index contributed by atoms with van der Waals surface area (Å²) in [6.45, 7) is 0. The van der Waals surface area contributed by atoms with E-state index in [1.165, 1.54) is 24.5 Å². The third-order valence-corrected chi connectivity index (χ3v) is 7.38. The topological polar surface area (TPSA) is 57.4 Å². The molecular weight excluding hydrogens is 684 g/mol. The highest BCUT2D eigenvalue weighted by Crippen LogP contribution is 2.39. The van der Waals surface area contributed by atoms with Gasteiger partial charge in [0.05, 0.1) is 20.1 Å². The number of nitrogens with one attached hydrogen (secondary N) is 2. The van der Waals surface area contributed by atoms with E-state index < -0.39 is 23.7 Å². The Morgan fingerprint density at radius 3 is 1.21 bits per heavy atom. The van der Waals surface area contributed by atoms with Crippen LogP contribution in [0.15, 0.2) is 73.3 Å². The van der Waals surface area contributed by atoms with Crippen LogP contribution in [-0.2, 0) is 12.4 Å². The number of rotatable bonds is 2. The Kier molecular flexibility index (Phi) is 9.49. The molecule has 6 rings (SSSR count). The lowest BCUT2D eigenvalue weighted by atomic mass is 10.1. The largest absolute Gasteiger partial charge is 0.431 e. The minimum Gasteiger partial charge on any atom is -0.351 e. The molecule has 0 bridgehead atoms. The molecule has 0 unspecified atom stereocenters. The molecular formula is C28H15Cl5F6N4. The summed E-state index contributed by atoms with van der Waals surface area (Å²) in [5, 5.41) is 2.21. The predicted molar refractivity (Wildman–Crippen MR) is 160 cm³/mol. The molecule has 224 valence electrons. The van der Waals surface area contributed by atoms with Crippen molar-refractivity contribution < 1.29 is 26.3 Å². The number of benzene rings is 2. The zero-order valence-electron chi connectivity index (χ0n) is 21.0. The Labute approximate surface area is 265 Å². The molecule has 0 atom stereocenters. The van der Waals surface area contributed by atoms with Crippen LogP contribution >= 0.6 is 58.8 Å². The summed E-state index contributed by atoms with van der Waals surface area (Å²) in [6, 6.07) is 11.5. The molecule has 0 amide bonds. The van der Waals surface area contributed by atoms with Gasteiger partial charge in [0.1, 0.15) is 11.4 Å². The van der Waals surface area contributed by atoms with Crippen molar-refractivity contribution >= 4 is 80.6 Å². The summed E-state index contributed by atoms with van der Waals surface area (Å²) >= 11 is 24.4. The molecule has 0 fully saturated rings. The van der Waals surface area contributed by atoms with Crippen LogP contribution in [0.1, 0.15) is 11.4 Å².